The zero-order valence-corrected chi connectivity index (χ0v) is 17.7. The van der Waals surface area contributed by atoms with E-state index in [1.165, 1.54) is 22.5 Å². The molecular formula is C22H24FN3O4S. The summed E-state index contributed by atoms with van der Waals surface area (Å²) < 4.78 is 39.9. The number of nitrogens with one attached hydrogen (secondary N) is 1. The summed E-state index contributed by atoms with van der Waals surface area (Å²) in [5.74, 6) is -1.16. The molecule has 7 nitrogen and oxygen atoms in total. The molecule has 1 aliphatic heterocycles. The fourth-order valence-electron chi connectivity index (χ4n) is 3.21. The van der Waals surface area contributed by atoms with E-state index in [9.17, 15) is 22.4 Å². The topological polar surface area (TPSA) is 86.8 Å². The van der Waals surface area contributed by atoms with E-state index < -0.39 is 15.8 Å². The highest BCUT2D eigenvalue weighted by molar-refractivity contribution is 7.89. The highest BCUT2D eigenvalue weighted by atomic mass is 32.2. The van der Waals surface area contributed by atoms with Crippen molar-refractivity contribution in [1.29, 1.82) is 0 Å². The monoisotopic (exact) mass is 445 g/mol. The fraction of sp³-hybridized carbons (Fsp3) is 0.273. The first kappa shape index (κ1) is 22.6. The molecule has 0 atom stereocenters. The zero-order chi connectivity index (χ0) is 22.3. The van der Waals surface area contributed by atoms with Gasteiger partial charge in [-0.2, -0.15) is 4.31 Å². The predicted molar refractivity (Wildman–Crippen MR) is 115 cm³/mol. The first-order valence-corrected chi connectivity index (χ1v) is 11.3. The van der Waals surface area contributed by atoms with Crippen LogP contribution >= 0.6 is 0 Å². The molecule has 2 aromatic rings. The van der Waals surface area contributed by atoms with Gasteiger partial charge in [0.1, 0.15) is 5.82 Å². The summed E-state index contributed by atoms with van der Waals surface area (Å²) in [6.45, 7) is 0.838. The lowest BCUT2D eigenvalue weighted by Crippen LogP contribution is -2.42. The van der Waals surface area contributed by atoms with E-state index in [1.807, 2.05) is 30.3 Å². The maximum Gasteiger partial charge on any atom is 0.244 e. The summed E-state index contributed by atoms with van der Waals surface area (Å²) >= 11 is 0. The Morgan fingerprint density at radius 3 is 2.39 bits per heavy atom. The van der Waals surface area contributed by atoms with Gasteiger partial charge < -0.3 is 10.2 Å². The van der Waals surface area contributed by atoms with Crippen molar-refractivity contribution in [2.24, 2.45) is 0 Å². The van der Waals surface area contributed by atoms with Crippen LogP contribution in [0, 0.1) is 5.82 Å². The molecule has 0 radical (unpaired) electrons. The van der Waals surface area contributed by atoms with Crippen molar-refractivity contribution in [1.82, 2.24) is 14.5 Å². The van der Waals surface area contributed by atoms with Gasteiger partial charge in [-0.1, -0.05) is 30.3 Å². The van der Waals surface area contributed by atoms with Crippen molar-refractivity contribution >= 4 is 27.9 Å². The molecule has 2 aromatic carbocycles. The molecule has 1 saturated heterocycles. The zero-order valence-electron chi connectivity index (χ0n) is 16.9. The van der Waals surface area contributed by atoms with Gasteiger partial charge in [-0.25, -0.2) is 12.8 Å². The Bertz CT molecular complexity index is 1040. The number of hydrogen-bond acceptors (Lipinski definition) is 4. The number of amides is 2. The Morgan fingerprint density at radius 2 is 1.68 bits per heavy atom. The van der Waals surface area contributed by atoms with Crippen molar-refractivity contribution in [2.75, 3.05) is 32.7 Å². The first-order valence-electron chi connectivity index (χ1n) is 9.91. The van der Waals surface area contributed by atoms with Crippen molar-refractivity contribution in [3.05, 3.63) is 72.1 Å². The third-order valence-corrected chi connectivity index (χ3v) is 6.81. The van der Waals surface area contributed by atoms with Crippen LogP contribution in [-0.2, 0) is 19.6 Å². The molecule has 0 aliphatic carbocycles. The fourth-order valence-corrected chi connectivity index (χ4v) is 4.68. The average Bonchev–Trinajstić information content (AvgIpc) is 3.04. The molecule has 9 heteroatoms. The minimum Gasteiger partial charge on any atom is -0.343 e. The molecule has 1 heterocycles. The largest absolute Gasteiger partial charge is 0.343 e. The molecular weight excluding hydrogens is 421 g/mol. The Kier molecular flexibility index (Phi) is 7.54. The number of carbonyl (C=O) groups excluding carboxylic acids is 2. The van der Waals surface area contributed by atoms with E-state index in [-0.39, 0.29) is 42.9 Å². The van der Waals surface area contributed by atoms with E-state index in [0.717, 1.165) is 17.7 Å². The van der Waals surface area contributed by atoms with Crippen LogP contribution < -0.4 is 5.32 Å². The molecule has 164 valence electrons. The van der Waals surface area contributed by atoms with E-state index >= 15 is 0 Å². The average molecular weight is 446 g/mol. The van der Waals surface area contributed by atoms with Crippen LogP contribution in [0.1, 0.15) is 12.0 Å². The Morgan fingerprint density at radius 1 is 0.968 bits per heavy atom. The van der Waals surface area contributed by atoms with Crippen LogP contribution in [-0.4, -0.2) is 62.2 Å². The molecule has 0 saturated carbocycles. The van der Waals surface area contributed by atoms with Crippen LogP contribution in [0.15, 0.2) is 65.6 Å². The molecule has 1 N–H and O–H groups in total. The number of carbonyl (C=O) groups is 2. The minimum atomic E-state index is -3.76. The van der Waals surface area contributed by atoms with Gasteiger partial charge in [0.2, 0.25) is 21.8 Å². The second-order valence-electron chi connectivity index (χ2n) is 7.05. The Balaban J connectivity index is 1.52. The van der Waals surface area contributed by atoms with Crippen LogP contribution in [0.25, 0.3) is 6.08 Å². The summed E-state index contributed by atoms with van der Waals surface area (Å²) in [5, 5.41) is 2.56. The van der Waals surface area contributed by atoms with Crippen LogP contribution in [0.4, 0.5) is 4.39 Å². The molecule has 2 amide bonds. The molecule has 0 spiro atoms. The van der Waals surface area contributed by atoms with Gasteiger partial charge in [-0.15, -0.1) is 0 Å². The minimum absolute atomic E-state index is 0.0196. The van der Waals surface area contributed by atoms with E-state index in [2.05, 4.69) is 5.32 Å². The lowest BCUT2D eigenvalue weighted by Gasteiger charge is -2.22. The summed E-state index contributed by atoms with van der Waals surface area (Å²) in [6, 6.07) is 14.0. The first-order chi connectivity index (χ1) is 14.9. The summed E-state index contributed by atoms with van der Waals surface area (Å²) in [6.07, 6.45) is 3.49. The Hall–Kier alpha value is -3.04. The standard InChI is InChI=1S/C22H24FN3O4S/c23-19-8-10-20(11-9-19)31(29,30)26-14-4-13-25(15-16-26)22(28)17-24-21(27)12-7-18-5-2-1-3-6-18/h1-3,5-12H,4,13-17H2,(H,24,27)/b12-7+. The quantitative estimate of drug-likeness (QED) is 0.688. The van der Waals surface area contributed by atoms with Crippen molar-refractivity contribution in [2.45, 2.75) is 11.3 Å². The van der Waals surface area contributed by atoms with Gasteiger partial charge in [0, 0.05) is 32.3 Å². The van der Waals surface area contributed by atoms with Crippen molar-refractivity contribution < 1.29 is 22.4 Å². The lowest BCUT2D eigenvalue weighted by molar-refractivity contribution is -0.131. The van der Waals surface area contributed by atoms with Crippen LogP contribution in [0.3, 0.4) is 0 Å². The number of halogens is 1. The van der Waals surface area contributed by atoms with Crippen LogP contribution in [0.2, 0.25) is 0 Å². The highest BCUT2D eigenvalue weighted by Gasteiger charge is 2.28. The molecule has 3 rings (SSSR count). The normalized spacial score (nSPS) is 15.6. The number of nitrogens with zero attached hydrogens (tertiary/aromatic N) is 2. The Labute approximate surface area is 181 Å². The highest BCUT2D eigenvalue weighted by Crippen LogP contribution is 2.18. The maximum atomic E-state index is 13.1. The van der Waals surface area contributed by atoms with Gasteiger partial charge >= 0.3 is 0 Å². The van der Waals surface area contributed by atoms with E-state index in [0.29, 0.717) is 13.0 Å². The molecule has 0 aromatic heterocycles. The third kappa shape index (κ3) is 6.22. The van der Waals surface area contributed by atoms with Gasteiger partial charge in [0.05, 0.1) is 11.4 Å². The molecule has 31 heavy (non-hydrogen) atoms. The van der Waals surface area contributed by atoms with Gasteiger partial charge in [-0.05, 0) is 42.3 Å². The second-order valence-corrected chi connectivity index (χ2v) is 8.99. The SMILES string of the molecule is O=C(/C=C/c1ccccc1)NCC(=O)N1CCCN(S(=O)(=O)c2ccc(F)cc2)CC1. The number of benzene rings is 2. The maximum absolute atomic E-state index is 13.1. The van der Waals surface area contributed by atoms with Crippen molar-refractivity contribution in [3.8, 4) is 0 Å². The molecule has 0 unspecified atom stereocenters. The summed E-state index contributed by atoms with van der Waals surface area (Å²) in [4.78, 5) is 26.0. The summed E-state index contributed by atoms with van der Waals surface area (Å²) in [7, 11) is -3.76. The molecule has 0 bridgehead atoms. The number of hydrogen-bond donors (Lipinski definition) is 1. The molecule has 1 fully saturated rings. The van der Waals surface area contributed by atoms with E-state index in [4.69, 9.17) is 0 Å². The van der Waals surface area contributed by atoms with Gasteiger partial charge in [-0.3, -0.25) is 9.59 Å². The lowest BCUT2D eigenvalue weighted by atomic mass is 10.2. The summed E-state index contributed by atoms with van der Waals surface area (Å²) in [5.41, 5.74) is 0.874. The van der Waals surface area contributed by atoms with Gasteiger partial charge in [0.15, 0.2) is 0 Å². The van der Waals surface area contributed by atoms with Gasteiger partial charge in [0.25, 0.3) is 0 Å². The predicted octanol–water partition coefficient (Wildman–Crippen LogP) is 1.88. The molecule has 1 aliphatic rings. The van der Waals surface area contributed by atoms with E-state index in [1.54, 1.807) is 11.0 Å². The number of sulfonamides is 1. The smallest absolute Gasteiger partial charge is 0.244 e. The van der Waals surface area contributed by atoms with Crippen LogP contribution in [0.5, 0.6) is 0 Å². The third-order valence-electron chi connectivity index (χ3n) is 4.90. The van der Waals surface area contributed by atoms with Crippen molar-refractivity contribution in [3.63, 3.8) is 0 Å². The second kappa shape index (κ2) is 10.3. The number of rotatable bonds is 6.